The van der Waals surface area contributed by atoms with E-state index in [1.807, 2.05) is 0 Å². The van der Waals surface area contributed by atoms with Crippen molar-refractivity contribution in [3.8, 4) is 0 Å². The molecule has 0 spiro atoms. The summed E-state index contributed by atoms with van der Waals surface area (Å²) in [6, 6.07) is 0.898. The Morgan fingerprint density at radius 1 is 1.31 bits per heavy atom. The highest BCUT2D eigenvalue weighted by molar-refractivity contribution is 5.79. The fourth-order valence-electron chi connectivity index (χ4n) is 3.06. The van der Waals surface area contributed by atoms with Gasteiger partial charge in [-0.25, -0.2) is 0 Å². The van der Waals surface area contributed by atoms with Crippen LogP contribution in [0.5, 0.6) is 0 Å². The Bertz CT molecular complexity index is 277. The highest BCUT2D eigenvalue weighted by Crippen LogP contribution is 2.34. The van der Waals surface area contributed by atoms with Crippen molar-refractivity contribution in [2.75, 3.05) is 13.1 Å². The van der Waals surface area contributed by atoms with Crippen molar-refractivity contribution in [3.05, 3.63) is 0 Å². The molecule has 2 aliphatic heterocycles. The van der Waals surface area contributed by atoms with Crippen LogP contribution >= 0.6 is 0 Å². The minimum atomic E-state index is 0.154. The van der Waals surface area contributed by atoms with Crippen LogP contribution in [-0.4, -0.2) is 36.0 Å². The van der Waals surface area contributed by atoms with Gasteiger partial charge in [-0.2, -0.15) is 0 Å². The summed E-state index contributed by atoms with van der Waals surface area (Å²) >= 11 is 0. The van der Waals surface area contributed by atoms with Gasteiger partial charge in [0.2, 0.25) is 5.91 Å². The van der Waals surface area contributed by atoms with E-state index in [1.54, 1.807) is 0 Å². The molecule has 0 aromatic heterocycles. The largest absolute Gasteiger partial charge is 0.335 e. The van der Waals surface area contributed by atoms with Crippen LogP contribution in [0.4, 0.5) is 0 Å². The predicted octanol–water partition coefficient (Wildman–Crippen LogP) is 1.49. The van der Waals surface area contributed by atoms with E-state index in [0.29, 0.717) is 29.8 Å². The van der Waals surface area contributed by atoms with E-state index in [9.17, 15) is 4.79 Å². The number of hydrogen-bond donors (Lipinski definition) is 1. The van der Waals surface area contributed by atoms with E-state index in [0.717, 1.165) is 13.1 Å². The monoisotopic (exact) mass is 224 g/mol. The average Bonchev–Trinajstić information content (AvgIpc) is 2.74. The van der Waals surface area contributed by atoms with E-state index >= 15 is 0 Å². The molecule has 4 atom stereocenters. The van der Waals surface area contributed by atoms with Crippen molar-refractivity contribution in [1.29, 1.82) is 0 Å². The van der Waals surface area contributed by atoms with Gasteiger partial charge in [-0.3, -0.25) is 4.79 Å². The molecule has 0 aliphatic carbocycles. The molecule has 0 aromatic rings. The van der Waals surface area contributed by atoms with Crippen LogP contribution in [0, 0.1) is 17.8 Å². The Morgan fingerprint density at radius 2 is 2.00 bits per heavy atom. The third-order valence-electron chi connectivity index (χ3n) is 4.42. The summed E-state index contributed by atoms with van der Waals surface area (Å²) in [5.74, 6) is 1.65. The summed E-state index contributed by atoms with van der Waals surface area (Å²) in [6.07, 6.45) is 1.17. The highest BCUT2D eigenvalue weighted by Gasteiger charge is 2.45. The second-order valence-electron chi connectivity index (χ2n) is 5.85. The number of amides is 1. The number of fused-ring (bicyclic) bond motifs is 1. The van der Waals surface area contributed by atoms with Crippen molar-refractivity contribution in [2.45, 2.75) is 46.2 Å². The van der Waals surface area contributed by atoms with Gasteiger partial charge in [-0.05, 0) is 25.2 Å². The minimum absolute atomic E-state index is 0.154. The Hall–Kier alpha value is -0.570. The van der Waals surface area contributed by atoms with Crippen LogP contribution in [0.3, 0.4) is 0 Å². The third-order valence-corrected chi connectivity index (χ3v) is 4.42. The Kier molecular flexibility index (Phi) is 3.24. The van der Waals surface area contributed by atoms with Gasteiger partial charge in [0.15, 0.2) is 0 Å². The lowest BCUT2D eigenvalue weighted by Crippen LogP contribution is -2.46. The maximum absolute atomic E-state index is 12.4. The normalized spacial score (nSPS) is 35.6. The zero-order valence-electron chi connectivity index (χ0n) is 10.9. The van der Waals surface area contributed by atoms with Crippen molar-refractivity contribution in [1.82, 2.24) is 10.2 Å². The summed E-state index contributed by atoms with van der Waals surface area (Å²) in [6.45, 7) is 10.6. The molecule has 0 aromatic carbocycles. The van der Waals surface area contributed by atoms with Crippen LogP contribution < -0.4 is 5.32 Å². The topological polar surface area (TPSA) is 32.3 Å². The average molecular weight is 224 g/mol. The van der Waals surface area contributed by atoms with Gasteiger partial charge in [-0.1, -0.05) is 20.8 Å². The first-order chi connectivity index (χ1) is 7.52. The molecule has 0 saturated carbocycles. The van der Waals surface area contributed by atoms with Gasteiger partial charge in [0.1, 0.15) is 0 Å². The molecular weight excluding hydrogens is 200 g/mol. The molecule has 0 bridgehead atoms. The van der Waals surface area contributed by atoms with Crippen molar-refractivity contribution >= 4 is 5.91 Å². The van der Waals surface area contributed by atoms with Crippen LogP contribution in [-0.2, 0) is 4.79 Å². The number of nitrogens with zero attached hydrogens (tertiary/aromatic N) is 1. The molecule has 4 unspecified atom stereocenters. The minimum Gasteiger partial charge on any atom is -0.335 e. The van der Waals surface area contributed by atoms with Crippen LogP contribution in [0.1, 0.15) is 34.1 Å². The third kappa shape index (κ3) is 1.86. The molecule has 2 fully saturated rings. The predicted molar refractivity (Wildman–Crippen MR) is 65.1 cm³/mol. The van der Waals surface area contributed by atoms with Gasteiger partial charge in [0, 0.05) is 31.1 Å². The molecule has 16 heavy (non-hydrogen) atoms. The quantitative estimate of drug-likeness (QED) is 0.770. The summed E-state index contributed by atoms with van der Waals surface area (Å²) in [5.41, 5.74) is 0. The van der Waals surface area contributed by atoms with Crippen LogP contribution in [0.15, 0.2) is 0 Å². The lowest BCUT2D eigenvalue weighted by molar-refractivity contribution is -0.138. The van der Waals surface area contributed by atoms with E-state index in [-0.39, 0.29) is 5.92 Å². The highest BCUT2D eigenvalue weighted by atomic mass is 16.2. The number of rotatable bonds is 2. The fraction of sp³-hybridized carbons (Fsp3) is 0.923. The molecule has 3 heteroatoms. The number of carbonyl (C=O) groups is 1. The molecule has 2 aliphatic rings. The first kappa shape index (κ1) is 11.9. The first-order valence-corrected chi connectivity index (χ1v) is 6.55. The zero-order valence-corrected chi connectivity index (χ0v) is 10.9. The molecule has 3 nitrogen and oxygen atoms in total. The van der Waals surface area contributed by atoms with Crippen molar-refractivity contribution in [3.63, 3.8) is 0 Å². The van der Waals surface area contributed by atoms with E-state index in [4.69, 9.17) is 0 Å². The lowest BCUT2D eigenvalue weighted by atomic mass is 9.96. The number of hydrogen-bond acceptors (Lipinski definition) is 2. The van der Waals surface area contributed by atoms with E-state index in [1.165, 1.54) is 6.42 Å². The Balaban J connectivity index is 2.10. The second-order valence-corrected chi connectivity index (χ2v) is 5.85. The van der Waals surface area contributed by atoms with Gasteiger partial charge < -0.3 is 10.2 Å². The molecule has 2 heterocycles. The van der Waals surface area contributed by atoms with Crippen molar-refractivity contribution in [2.24, 2.45) is 17.8 Å². The zero-order chi connectivity index (χ0) is 11.9. The Morgan fingerprint density at radius 3 is 2.62 bits per heavy atom. The number of carbonyl (C=O) groups excluding carboxylic acids is 1. The summed E-state index contributed by atoms with van der Waals surface area (Å²) in [4.78, 5) is 14.6. The van der Waals surface area contributed by atoms with Crippen LogP contribution in [0.2, 0.25) is 0 Å². The number of nitrogens with one attached hydrogen (secondary N) is 1. The molecule has 2 rings (SSSR count). The fourth-order valence-corrected chi connectivity index (χ4v) is 3.06. The smallest absolute Gasteiger partial charge is 0.226 e. The maximum atomic E-state index is 12.4. The van der Waals surface area contributed by atoms with Gasteiger partial charge in [0.05, 0.1) is 0 Å². The first-order valence-electron chi connectivity index (χ1n) is 6.55. The molecule has 0 radical (unpaired) electrons. The van der Waals surface area contributed by atoms with E-state index in [2.05, 4.69) is 37.9 Å². The van der Waals surface area contributed by atoms with E-state index < -0.39 is 0 Å². The lowest BCUT2D eigenvalue weighted by Gasteiger charge is -2.31. The van der Waals surface area contributed by atoms with Crippen molar-refractivity contribution < 1.29 is 4.79 Å². The molecule has 1 amide bonds. The summed E-state index contributed by atoms with van der Waals surface area (Å²) < 4.78 is 0. The summed E-state index contributed by atoms with van der Waals surface area (Å²) in [5, 5.41) is 3.40. The van der Waals surface area contributed by atoms with Gasteiger partial charge in [0.25, 0.3) is 0 Å². The van der Waals surface area contributed by atoms with Gasteiger partial charge in [-0.15, -0.1) is 0 Å². The Labute approximate surface area is 98.6 Å². The maximum Gasteiger partial charge on any atom is 0.226 e. The molecule has 2 saturated heterocycles. The second kappa shape index (κ2) is 4.36. The SMILES string of the molecule is CC(C)C(C)C(=O)N1C(C)CC2CNCC21. The molecule has 92 valence electrons. The number of likely N-dealkylation sites (tertiary alicyclic amines) is 1. The molecular formula is C13H24N2O. The van der Waals surface area contributed by atoms with Crippen LogP contribution in [0.25, 0.3) is 0 Å². The summed E-state index contributed by atoms with van der Waals surface area (Å²) in [7, 11) is 0. The van der Waals surface area contributed by atoms with Gasteiger partial charge >= 0.3 is 0 Å². The standard InChI is InChI=1S/C13H24N2O/c1-8(2)10(4)13(16)15-9(3)5-11-6-14-7-12(11)15/h8-12,14H,5-7H2,1-4H3. The molecule has 1 N–H and O–H groups in total.